The van der Waals surface area contributed by atoms with Gasteiger partial charge in [0.15, 0.2) is 0 Å². The standard InChI is InChI=1S/C15H26BrN5/c1-4-7-17-14-13(16)15(19-11-18-14)21-8-5-12(6-9-21)10-20(2)3/h11-12H,4-10H2,1-3H3,(H,17,18,19). The highest BCUT2D eigenvalue weighted by Gasteiger charge is 2.23. The lowest BCUT2D eigenvalue weighted by Crippen LogP contribution is -2.37. The summed E-state index contributed by atoms with van der Waals surface area (Å²) in [5.41, 5.74) is 0. The van der Waals surface area contributed by atoms with Crippen LogP contribution in [0.3, 0.4) is 0 Å². The molecular formula is C15H26BrN5. The zero-order valence-electron chi connectivity index (χ0n) is 13.3. The lowest BCUT2D eigenvalue weighted by molar-refractivity contribution is 0.284. The molecule has 1 saturated heterocycles. The van der Waals surface area contributed by atoms with E-state index in [0.29, 0.717) is 0 Å². The second kappa shape index (κ2) is 7.94. The molecule has 0 amide bonds. The summed E-state index contributed by atoms with van der Waals surface area (Å²) < 4.78 is 0.990. The summed E-state index contributed by atoms with van der Waals surface area (Å²) >= 11 is 3.66. The van der Waals surface area contributed by atoms with E-state index in [1.807, 2.05) is 0 Å². The molecule has 118 valence electrons. The normalized spacial score (nSPS) is 16.5. The zero-order chi connectivity index (χ0) is 15.2. The Morgan fingerprint density at radius 1 is 1.33 bits per heavy atom. The summed E-state index contributed by atoms with van der Waals surface area (Å²) in [6.07, 6.45) is 5.20. The SMILES string of the molecule is CCCNc1ncnc(N2CCC(CN(C)C)CC2)c1Br. The van der Waals surface area contributed by atoms with Crippen molar-refractivity contribution in [1.82, 2.24) is 14.9 Å². The Kier molecular flexibility index (Phi) is 6.23. The van der Waals surface area contributed by atoms with Gasteiger partial charge in [0, 0.05) is 26.2 Å². The monoisotopic (exact) mass is 355 g/mol. The van der Waals surface area contributed by atoms with Crippen LogP contribution in [0.5, 0.6) is 0 Å². The summed E-state index contributed by atoms with van der Waals surface area (Å²) in [6, 6.07) is 0. The van der Waals surface area contributed by atoms with Crippen molar-refractivity contribution in [2.45, 2.75) is 26.2 Å². The average Bonchev–Trinajstić information content (AvgIpc) is 2.47. The number of rotatable bonds is 6. The van der Waals surface area contributed by atoms with Crippen LogP contribution in [0, 0.1) is 5.92 Å². The summed E-state index contributed by atoms with van der Waals surface area (Å²) in [6.45, 7) is 6.41. The molecule has 0 bridgehead atoms. The Labute approximate surface area is 136 Å². The average molecular weight is 356 g/mol. The second-order valence-electron chi connectivity index (χ2n) is 5.98. The van der Waals surface area contributed by atoms with Crippen LogP contribution in [0.1, 0.15) is 26.2 Å². The molecule has 0 radical (unpaired) electrons. The highest BCUT2D eigenvalue weighted by molar-refractivity contribution is 9.10. The molecular weight excluding hydrogens is 330 g/mol. The third-order valence-corrected chi connectivity index (χ3v) is 4.58. The van der Waals surface area contributed by atoms with Crippen LogP contribution in [0.2, 0.25) is 0 Å². The van der Waals surface area contributed by atoms with Gasteiger partial charge in [0.2, 0.25) is 0 Å². The van der Waals surface area contributed by atoms with E-state index in [2.05, 4.69) is 62.0 Å². The topological polar surface area (TPSA) is 44.3 Å². The predicted molar refractivity (Wildman–Crippen MR) is 92.0 cm³/mol. The van der Waals surface area contributed by atoms with Crippen molar-refractivity contribution < 1.29 is 0 Å². The first-order valence-electron chi connectivity index (χ1n) is 7.75. The Bertz CT molecular complexity index is 444. The molecule has 6 heteroatoms. The molecule has 21 heavy (non-hydrogen) atoms. The van der Waals surface area contributed by atoms with E-state index >= 15 is 0 Å². The van der Waals surface area contributed by atoms with Crippen molar-refractivity contribution in [3.63, 3.8) is 0 Å². The summed E-state index contributed by atoms with van der Waals surface area (Å²) in [5, 5.41) is 3.35. The first-order chi connectivity index (χ1) is 10.1. The van der Waals surface area contributed by atoms with Gasteiger partial charge >= 0.3 is 0 Å². The van der Waals surface area contributed by atoms with Gasteiger partial charge in [-0.1, -0.05) is 6.92 Å². The highest BCUT2D eigenvalue weighted by atomic mass is 79.9. The van der Waals surface area contributed by atoms with Crippen molar-refractivity contribution in [3.05, 3.63) is 10.8 Å². The minimum Gasteiger partial charge on any atom is -0.369 e. The lowest BCUT2D eigenvalue weighted by atomic mass is 9.96. The van der Waals surface area contributed by atoms with Crippen molar-refractivity contribution in [2.75, 3.05) is 50.5 Å². The first-order valence-corrected chi connectivity index (χ1v) is 8.55. The van der Waals surface area contributed by atoms with Crippen molar-refractivity contribution in [3.8, 4) is 0 Å². The van der Waals surface area contributed by atoms with Gasteiger partial charge in [-0.2, -0.15) is 0 Å². The van der Waals surface area contributed by atoms with E-state index in [4.69, 9.17) is 0 Å². The number of aromatic nitrogens is 2. The van der Waals surface area contributed by atoms with Crippen LogP contribution in [-0.2, 0) is 0 Å². The lowest BCUT2D eigenvalue weighted by Gasteiger charge is -2.34. The molecule has 0 saturated carbocycles. The van der Waals surface area contributed by atoms with E-state index in [1.54, 1.807) is 6.33 Å². The number of anilines is 2. The maximum absolute atomic E-state index is 4.47. The van der Waals surface area contributed by atoms with Gasteiger partial charge in [0.25, 0.3) is 0 Å². The van der Waals surface area contributed by atoms with Gasteiger partial charge in [-0.25, -0.2) is 9.97 Å². The molecule has 0 atom stereocenters. The third-order valence-electron chi connectivity index (χ3n) is 3.85. The van der Waals surface area contributed by atoms with E-state index in [-0.39, 0.29) is 0 Å². The van der Waals surface area contributed by atoms with Crippen LogP contribution >= 0.6 is 15.9 Å². The number of piperidine rings is 1. The zero-order valence-corrected chi connectivity index (χ0v) is 14.9. The van der Waals surface area contributed by atoms with Gasteiger partial charge in [-0.3, -0.25) is 0 Å². The summed E-state index contributed by atoms with van der Waals surface area (Å²) in [4.78, 5) is 13.5. The molecule has 1 aliphatic rings. The molecule has 0 unspecified atom stereocenters. The molecule has 0 spiro atoms. The van der Waals surface area contributed by atoms with Crippen LogP contribution in [0.15, 0.2) is 10.8 Å². The fourth-order valence-corrected chi connectivity index (χ4v) is 3.39. The molecule has 1 N–H and O–H groups in total. The molecule has 1 aromatic heterocycles. The number of hydrogen-bond acceptors (Lipinski definition) is 5. The number of hydrogen-bond donors (Lipinski definition) is 1. The highest BCUT2D eigenvalue weighted by Crippen LogP contribution is 2.32. The van der Waals surface area contributed by atoms with Gasteiger partial charge < -0.3 is 15.1 Å². The fraction of sp³-hybridized carbons (Fsp3) is 0.733. The van der Waals surface area contributed by atoms with E-state index < -0.39 is 0 Å². The second-order valence-corrected chi connectivity index (χ2v) is 6.77. The van der Waals surface area contributed by atoms with E-state index in [9.17, 15) is 0 Å². The van der Waals surface area contributed by atoms with Gasteiger partial charge in [0.1, 0.15) is 22.4 Å². The summed E-state index contributed by atoms with van der Waals surface area (Å²) in [7, 11) is 4.30. The smallest absolute Gasteiger partial charge is 0.148 e. The van der Waals surface area contributed by atoms with Gasteiger partial charge in [-0.05, 0) is 55.2 Å². The Balaban J connectivity index is 2.00. The minimum atomic E-state index is 0.801. The van der Waals surface area contributed by atoms with E-state index in [1.165, 1.54) is 19.4 Å². The van der Waals surface area contributed by atoms with Gasteiger partial charge in [0.05, 0.1) is 0 Å². The predicted octanol–water partition coefficient (Wildman–Crippen LogP) is 2.84. The first kappa shape index (κ1) is 16.5. The van der Waals surface area contributed by atoms with Crippen LogP contribution < -0.4 is 10.2 Å². The van der Waals surface area contributed by atoms with Gasteiger partial charge in [-0.15, -0.1) is 0 Å². The molecule has 1 aromatic rings. The number of halogens is 1. The molecule has 0 aliphatic carbocycles. The Hall–Kier alpha value is -0.880. The Morgan fingerprint density at radius 3 is 2.67 bits per heavy atom. The molecule has 1 aliphatic heterocycles. The van der Waals surface area contributed by atoms with Crippen molar-refractivity contribution >= 4 is 27.6 Å². The maximum atomic E-state index is 4.47. The molecule has 1 fully saturated rings. The number of nitrogens with zero attached hydrogens (tertiary/aromatic N) is 4. The van der Waals surface area contributed by atoms with Crippen LogP contribution in [-0.4, -0.2) is 55.1 Å². The van der Waals surface area contributed by atoms with Crippen LogP contribution in [0.4, 0.5) is 11.6 Å². The van der Waals surface area contributed by atoms with Crippen LogP contribution in [0.25, 0.3) is 0 Å². The third kappa shape index (κ3) is 4.54. The Morgan fingerprint density at radius 2 is 2.05 bits per heavy atom. The largest absolute Gasteiger partial charge is 0.369 e. The van der Waals surface area contributed by atoms with Crippen molar-refractivity contribution in [2.24, 2.45) is 5.92 Å². The quantitative estimate of drug-likeness (QED) is 0.849. The molecule has 0 aromatic carbocycles. The molecule has 2 rings (SSSR count). The van der Waals surface area contributed by atoms with E-state index in [0.717, 1.165) is 48.1 Å². The maximum Gasteiger partial charge on any atom is 0.148 e. The molecule has 5 nitrogen and oxygen atoms in total. The minimum absolute atomic E-state index is 0.801. The van der Waals surface area contributed by atoms with Crippen molar-refractivity contribution in [1.29, 1.82) is 0 Å². The molecule has 2 heterocycles. The fourth-order valence-electron chi connectivity index (χ4n) is 2.79. The number of nitrogens with one attached hydrogen (secondary N) is 1. The summed E-state index contributed by atoms with van der Waals surface area (Å²) in [5.74, 6) is 2.72.